The lowest BCUT2D eigenvalue weighted by molar-refractivity contribution is 0.124. The topological polar surface area (TPSA) is 24.5 Å². The van der Waals surface area contributed by atoms with Crippen molar-refractivity contribution in [2.75, 3.05) is 26.2 Å². The Kier molecular flexibility index (Phi) is 4.04. The van der Waals surface area contributed by atoms with Crippen molar-refractivity contribution in [1.29, 1.82) is 0 Å². The minimum absolute atomic E-state index is 0.355. The molecule has 1 saturated heterocycles. The molecule has 0 aromatic heterocycles. The highest BCUT2D eigenvalue weighted by Gasteiger charge is 2.26. The fourth-order valence-electron chi connectivity index (χ4n) is 3.25. The van der Waals surface area contributed by atoms with Crippen LogP contribution in [0.4, 0.5) is 0 Å². The van der Waals surface area contributed by atoms with Gasteiger partial charge in [0.05, 0.1) is 0 Å². The third-order valence-corrected chi connectivity index (χ3v) is 4.26. The first-order chi connectivity index (χ1) is 9.35. The molecule has 1 unspecified atom stereocenters. The van der Waals surface area contributed by atoms with Crippen molar-refractivity contribution < 1.29 is 4.74 Å². The van der Waals surface area contributed by atoms with Crippen LogP contribution >= 0.6 is 0 Å². The van der Waals surface area contributed by atoms with Gasteiger partial charge in [0.15, 0.2) is 0 Å². The lowest BCUT2D eigenvalue weighted by Crippen LogP contribution is -2.45. The number of likely N-dealkylation sites (tertiary alicyclic amines) is 1. The highest BCUT2D eigenvalue weighted by atomic mass is 16.5. The summed E-state index contributed by atoms with van der Waals surface area (Å²) in [6.07, 6.45) is 3.97. The number of benzene rings is 1. The van der Waals surface area contributed by atoms with E-state index in [4.69, 9.17) is 4.74 Å². The van der Waals surface area contributed by atoms with E-state index < -0.39 is 0 Å². The molecule has 0 radical (unpaired) electrons. The van der Waals surface area contributed by atoms with Crippen LogP contribution in [0.25, 0.3) is 0 Å². The number of rotatable bonds is 4. The summed E-state index contributed by atoms with van der Waals surface area (Å²) in [6.45, 7) is 6.76. The molecule has 1 fully saturated rings. The van der Waals surface area contributed by atoms with Crippen molar-refractivity contribution in [3.63, 3.8) is 0 Å². The van der Waals surface area contributed by atoms with Crippen molar-refractivity contribution in [3.8, 4) is 5.75 Å². The molecule has 3 nitrogen and oxygen atoms in total. The van der Waals surface area contributed by atoms with E-state index in [1.807, 2.05) is 0 Å². The van der Waals surface area contributed by atoms with E-state index >= 15 is 0 Å². The van der Waals surface area contributed by atoms with E-state index in [2.05, 4.69) is 41.4 Å². The van der Waals surface area contributed by atoms with Crippen LogP contribution in [0.15, 0.2) is 24.3 Å². The molecule has 1 atom stereocenters. The summed E-state index contributed by atoms with van der Waals surface area (Å²) in [4.78, 5) is 2.56. The molecule has 0 aliphatic carbocycles. The molecule has 2 aliphatic rings. The smallest absolute Gasteiger partial charge is 0.123 e. The first-order valence-corrected chi connectivity index (χ1v) is 7.55. The molecule has 19 heavy (non-hydrogen) atoms. The second-order valence-corrected chi connectivity index (χ2v) is 5.68. The number of ether oxygens (including phenoxy) is 1. The zero-order chi connectivity index (χ0) is 13.1. The Bertz CT molecular complexity index is 388. The molecular formula is C16H24N2O. The van der Waals surface area contributed by atoms with Crippen molar-refractivity contribution >= 4 is 0 Å². The van der Waals surface area contributed by atoms with Crippen LogP contribution < -0.4 is 10.1 Å². The highest BCUT2D eigenvalue weighted by Crippen LogP contribution is 2.28. The summed E-state index contributed by atoms with van der Waals surface area (Å²) in [5.41, 5.74) is 1.37. The molecule has 1 aromatic carbocycles. The maximum absolute atomic E-state index is 6.03. The van der Waals surface area contributed by atoms with Gasteiger partial charge in [0.25, 0.3) is 0 Å². The Labute approximate surface area is 115 Å². The molecule has 0 amide bonds. The molecule has 3 rings (SSSR count). The number of nitrogens with one attached hydrogen (secondary N) is 1. The van der Waals surface area contributed by atoms with Crippen LogP contribution in [0.3, 0.4) is 0 Å². The van der Waals surface area contributed by atoms with E-state index in [9.17, 15) is 0 Å². The van der Waals surface area contributed by atoms with Crippen molar-refractivity contribution in [2.45, 2.75) is 38.3 Å². The minimum Gasteiger partial charge on any atom is -0.488 e. The normalized spacial score (nSPS) is 24.2. The average molecular weight is 260 g/mol. The van der Waals surface area contributed by atoms with Gasteiger partial charge in [0, 0.05) is 19.0 Å². The Morgan fingerprint density at radius 3 is 2.79 bits per heavy atom. The van der Waals surface area contributed by atoms with Crippen LogP contribution in [-0.2, 0) is 6.42 Å². The predicted octanol–water partition coefficient (Wildman–Crippen LogP) is 2.06. The van der Waals surface area contributed by atoms with Crippen LogP contribution in [0.2, 0.25) is 0 Å². The Balaban J connectivity index is 1.47. The van der Waals surface area contributed by atoms with Gasteiger partial charge in [0.2, 0.25) is 0 Å². The molecule has 0 bridgehead atoms. The van der Waals surface area contributed by atoms with Gasteiger partial charge in [-0.3, -0.25) is 4.90 Å². The second kappa shape index (κ2) is 5.93. The third-order valence-electron chi connectivity index (χ3n) is 4.26. The molecular weight excluding hydrogens is 236 g/mol. The highest BCUT2D eigenvalue weighted by molar-refractivity contribution is 5.37. The Hall–Kier alpha value is -1.06. The molecule has 3 heteroatoms. The van der Waals surface area contributed by atoms with Crippen LogP contribution in [0, 0.1) is 0 Å². The van der Waals surface area contributed by atoms with Crippen LogP contribution in [0.1, 0.15) is 25.3 Å². The quantitative estimate of drug-likeness (QED) is 0.897. The lowest BCUT2D eigenvalue weighted by atomic mass is 10.0. The number of para-hydroxylation sites is 1. The van der Waals surface area contributed by atoms with E-state index in [-0.39, 0.29) is 0 Å². The summed E-state index contributed by atoms with van der Waals surface area (Å²) < 4.78 is 6.03. The predicted molar refractivity (Wildman–Crippen MR) is 77.7 cm³/mol. The molecule has 1 aromatic rings. The van der Waals surface area contributed by atoms with Gasteiger partial charge >= 0.3 is 0 Å². The average Bonchev–Trinajstić information content (AvgIpc) is 2.83. The fraction of sp³-hybridized carbons (Fsp3) is 0.625. The van der Waals surface area contributed by atoms with E-state index in [0.29, 0.717) is 6.10 Å². The number of nitrogens with zero attached hydrogens (tertiary/aromatic N) is 1. The third kappa shape index (κ3) is 3.10. The molecule has 2 aliphatic heterocycles. The molecule has 0 saturated carbocycles. The van der Waals surface area contributed by atoms with Gasteiger partial charge in [-0.15, -0.1) is 0 Å². The Morgan fingerprint density at radius 1 is 1.26 bits per heavy atom. The SMILES string of the molecule is CCNC1CCN(CC2Cc3ccccc3O2)CC1. The molecule has 104 valence electrons. The van der Waals surface area contributed by atoms with E-state index in [1.54, 1.807) is 0 Å². The molecule has 0 spiro atoms. The molecule has 1 N–H and O–H groups in total. The number of piperidine rings is 1. The number of fused-ring (bicyclic) bond motifs is 1. The summed E-state index contributed by atoms with van der Waals surface area (Å²) in [7, 11) is 0. The van der Waals surface area contributed by atoms with Crippen molar-refractivity contribution in [3.05, 3.63) is 29.8 Å². The van der Waals surface area contributed by atoms with Crippen LogP contribution in [-0.4, -0.2) is 43.2 Å². The minimum atomic E-state index is 0.355. The zero-order valence-electron chi connectivity index (χ0n) is 11.8. The van der Waals surface area contributed by atoms with E-state index in [0.717, 1.165) is 31.3 Å². The monoisotopic (exact) mass is 260 g/mol. The van der Waals surface area contributed by atoms with Crippen LogP contribution in [0.5, 0.6) is 5.75 Å². The van der Waals surface area contributed by atoms with Gasteiger partial charge in [-0.05, 0) is 44.1 Å². The standard InChI is InChI=1S/C16H24N2O/c1-2-17-14-7-9-18(10-8-14)12-15-11-13-5-3-4-6-16(13)19-15/h3-6,14-15,17H,2,7-12H2,1H3. The van der Waals surface area contributed by atoms with Gasteiger partial charge in [0.1, 0.15) is 11.9 Å². The summed E-state index contributed by atoms with van der Waals surface area (Å²) in [5, 5.41) is 3.55. The maximum atomic E-state index is 6.03. The van der Waals surface area contributed by atoms with Gasteiger partial charge in [-0.1, -0.05) is 25.1 Å². The largest absolute Gasteiger partial charge is 0.488 e. The summed E-state index contributed by atoms with van der Waals surface area (Å²) in [5.74, 6) is 1.09. The number of hydrogen-bond acceptors (Lipinski definition) is 3. The second-order valence-electron chi connectivity index (χ2n) is 5.68. The number of hydrogen-bond donors (Lipinski definition) is 1. The summed E-state index contributed by atoms with van der Waals surface area (Å²) >= 11 is 0. The fourth-order valence-corrected chi connectivity index (χ4v) is 3.25. The van der Waals surface area contributed by atoms with Crippen molar-refractivity contribution in [1.82, 2.24) is 10.2 Å². The Morgan fingerprint density at radius 2 is 2.05 bits per heavy atom. The first kappa shape index (κ1) is 12.9. The van der Waals surface area contributed by atoms with Crippen molar-refractivity contribution in [2.24, 2.45) is 0 Å². The maximum Gasteiger partial charge on any atom is 0.123 e. The zero-order valence-corrected chi connectivity index (χ0v) is 11.8. The lowest BCUT2D eigenvalue weighted by Gasteiger charge is -2.33. The first-order valence-electron chi connectivity index (χ1n) is 7.55. The van der Waals surface area contributed by atoms with Gasteiger partial charge in [-0.25, -0.2) is 0 Å². The summed E-state index contributed by atoms with van der Waals surface area (Å²) in [6, 6.07) is 9.16. The molecule has 2 heterocycles. The van der Waals surface area contributed by atoms with E-state index in [1.165, 1.54) is 31.5 Å². The van der Waals surface area contributed by atoms with Gasteiger partial charge in [-0.2, -0.15) is 0 Å². The van der Waals surface area contributed by atoms with Gasteiger partial charge < -0.3 is 10.1 Å².